The van der Waals surface area contributed by atoms with E-state index in [2.05, 4.69) is 13.8 Å². The molecule has 0 radical (unpaired) electrons. The lowest BCUT2D eigenvalue weighted by molar-refractivity contribution is -0.137. The minimum atomic E-state index is -0.0317. The van der Waals surface area contributed by atoms with Gasteiger partial charge >= 0.3 is 0 Å². The number of hydrogen-bond acceptors (Lipinski definition) is 6. The maximum atomic E-state index is 13.4. The third kappa shape index (κ3) is 4.82. The molecule has 0 unspecified atom stereocenters. The van der Waals surface area contributed by atoms with Crippen molar-refractivity contribution in [2.24, 2.45) is 5.92 Å². The maximum absolute atomic E-state index is 13.4. The van der Waals surface area contributed by atoms with Crippen molar-refractivity contribution in [2.75, 3.05) is 33.2 Å². The molecule has 7 heteroatoms. The van der Waals surface area contributed by atoms with Crippen molar-refractivity contribution in [3.63, 3.8) is 0 Å². The Labute approximate surface area is 189 Å². The van der Waals surface area contributed by atoms with Crippen molar-refractivity contribution in [3.05, 3.63) is 47.9 Å². The van der Waals surface area contributed by atoms with Gasteiger partial charge in [-0.25, -0.2) is 4.98 Å². The standard InChI is InChI=1S/C25H33N3O4/c1-7-17(8-2)25(29)28(16-19-10-9-13-32-19)15-18-14-20-21(30-5)11-12-22(31-6)23(20)26-24(18)27(3)4/h9-14,17H,7-8,15-16H2,1-6H3. The molecular weight excluding hydrogens is 406 g/mol. The van der Waals surface area contributed by atoms with E-state index in [1.54, 1.807) is 20.5 Å². The number of amides is 1. The van der Waals surface area contributed by atoms with E-state index in [9.17, 15) is 4.79 Å². The number of carbonyl (C=O) groups excluding carboxylic acids is 1. The lowest BCUT2D eigenvalue weighted by atomic mass is 10.0. The summed E-state index contributed by atoms with van der Waals surface area (Å²) in [6.07, 6.45) is 3.23. The first kappa shape index (κ1) is 23.4. The molecule has 2 heterocycles. The number of pyridine rings is 1. The average molecular weight is 440 g/mol. The van der Waals surface area contributed by atoms with Crippen LogP contribution in [0.4, 0.5) is 5.82 Å². The van der Waals surface area contributed by atoms with E-state index >= 15 is 0 Å². The Bertz CT molecular complexity index is 1040. The van der Waals surface area contributed by atoms with Crippen molar-refractivity contribution < 1.29 is 18.7 Å². The molecule has 0 bridgehead atoms. The molecule has 0 saturated carbocycles. The fourth-order valence-corrected chi connectivity index (χ4v) is 3.99. The highest BCUT2D eigenvalue weighted by atomic mass is 16.5. The van der Waals surface area contributed by atoms with Gasteiger partial charge in [-0.1, -0.05) is 13.8 Å². The van der Waals surface area contributed by atoms with Crippen LogP contribution in [0.25, 0.3) is 10.9 Å². The quantitative estimate of drug-likeness (QED) is 0.449. The Morgan fingerprint density at radius 1 is 1.06 bits per heavy atom. The zero-order chi connectivity index (χ0) is 23.3. The molecule has 0 N–H and O–H groups in total. The molecule has 1 amide bonds. The number of fused-ring (bicyclic) bond motifs is 1. The van der Waals surface area contributed by atoms with Gasteiger partial charge in [0, 0.05) is 37.5 Å². The van der Waals surface area contributed by atoms with Crippen LogP contribution in [-0.4, -0.2) is 44.1 Å². The minimum Gasteiger partial charge on any atom is -0.496 e. The molecule has 7 nitrogen and oxygen atoms in total. The van der Waals surface area contributed by atoms with Gasteiger partial charge in [0.2, 0.25) is 5.91 Å². The molecular formula is C25H33N3O4. The van der Waals surface area contributed by atoms with Gasteiger partial charge in [0.25, 0.3) is 0 Å². The molecule has 0 spiro atoms. The Morgan fingerprint density at radius 3 is 2.31 bits per heavy atom. The van der Waals surface area contributed by atoms with E-state index in [4.69, 9.17) is 18.9 Å². The molecule has 0 fully saturated rings. The van der Waals surface area contributed by atoms with Crippen LogP contribution in [0.3, 0.4) is 0 Å². The fraction of sp³-hybridized carbons (Fsp3) is 0.440. The highest BCUT2D eigenvalue weighted by Gasteiger charge is 2.25. The first-order valence-electron chi connectivity index (χ1n) is 11.0. The SMILES string of the molecule is CCC(CC)C(=O)N(Cc1ccco1)Cc1cc2c(OC)ccc(OC)c2nc1N(C)C. The van der Waals surface area contributed by atoms with Crippen molar-refractivity contribution in [1.29, 1.82) is 0 Å². The Kier molecular flexibility index (Phi) is 7.62. The smallest absolute Gasteiger partial charge is 0.226 e. The van der Waals surface area contributed by atoms with E-state index in [1.807, 2.05) is 54.2 Å². The number of anilines is 1. The number of rotatable bonds is 10. The molecule has 3 rings (SSSR count). The van der Waals surface area contributed by atoms with Gasteiger partial charge in [-0.3, -0.25) is 4.79 Å². The normalized spacial score (nSPS) is 11.1. The molecule has 0 aliphatic rings. The number of furan rings is 1. The number of benzene rings is 1. The van der Waals surface area contributed by atoms with Crippen molar-refractivity contribution in [2.45, 2.75) is 39.8 Å². The van der Waals surface area contributed by atoms with Crippen LogP contribution >= 0.6 is 0 Å². The van der Waals surface area contributed by atoms with E-state index < -0.39 is 0 Å². The minimum absolute atomic E-state index is 0.0317. The second kappa shape index (κ2) is 10.4. The molecule has 1 aromatic carbocycles. The van der Waals surface area contributed by atoms with Gasteiger partial charge in [-0.15, -0.1) is 0 Å². The molecule has 0 atom stereocenters. The summed E-state index contributed by atoms with van der Waals surface area (Å²) in [5, 5.41) is 0.848. The van der Waals surface area contributed by atoms with Gasteiger partial charge in [-0.05, 0) is 43.2 Å². The molecule has 3 aromatic rings. The number of aromatic nitrogens is 1. The second-order valence-corrected chi connectivity index (χ2v) is 8.02. The lowest BCUT2D eigenvalue weighted by Crippen LogP contribution is -2.35. The largest absolute Gasteiger partial charge is 0.496 e. The van der Waals surface area contributed by atoms with Crippen LogP contribution in [0.2, 0.25) is 0 Å². The zero-order valence-electron chi connectivity index (χ0n) is 19.8. The monoisotopic (exact) mass is 439 g/mol. The number of ether oxygens (including phenoxy) is 2. The highest BCUT2D eigenvalue weighted by molar-refractivity contribution is 5.92. The first-order chi connectivity index (χ1) is 15.4. The molecule has 0 aliphatic heterocycles. The van der Waals surface area contributed by atoms with Crippen LogP contribution in [0.1, 0.15) is 38.0 Å². The molecule has 172 valence electrons. The Hall–Kier alpha value is -3.22. The fourth-order valence-electron chi connectivity index (χ4n) is 3.99. The second-order valence-electron chi connectivity index (χ2n) is 8.02. The molecule has 2 aromatic heterocycles. The van der Waals surface area contributed by atoms with Crippen molar-refractivity contribution in [1.82, 2.24) is 9.88 Å². The summed E-state index contributed by atoms with van der Waals surface area (Å²) in [6, 6.07) is 9.51. The third-order valence-electron chi connectivity index (χ3n) is 5.76. The van der Waals surface area contributed by atoms with Crippen LogP contribution in [-0.2, 0) is 17.9 Å². The summed E-state index contributed by atoms with van der Waals surface area (Å²) in [5.74, 6) is 3.01. The zero-order valence-corrected chi connectivity index (χ0v) is 19.8. The van der Waals surface area contributed by atoms with Gasteiger partial charge in [-0.2, -0.15) is 0 Å². The Balaban J connectivity index is 2.11. The van der Waals surface area contributed by atoms with E-state index in [0.717, 1.165) is 40.9 Å². The summed E-state index contributed by atoms with van der Waals surface area (Å²) in [5.41, 5.74) is 1.66. The highest BCUT2D eigenvalue weighted by Crippen LogP contribution is 2.35. The Morgan fingerprint density at radius 2 is 1.75 bits per heavy atom. The average Bonchev–Trinajstić information content (AvgIpc) is 3.31. The molecule has 0 aliphatic carbocycles. The summed E-state index contributed by atoms with van der Waals surface area (Å²) in [6.45, 7) is 4.92. The van der Waals surface area contributed by atoms with Crippen LogP contribution in [0.15, 0.2) is 41.0 Å². The van der Waals surface area contributed by atoms with E-state index in [-0.39, 0.29) is 11.8 Å². The predicted molar refractivity (Wildman–Crippen MR) is 126 cm³/mol. The van der Waals surface area contributed by atoms with Crippen molar-refractivity contribution >= 4 is 22.6 Å². The third-order valence-corrected chi connectivity index (χ3v) is 5.76. The maximum Gasteiger partial charge on any atom is 0.226 e. The number of methoxy groups -OCH3 is 2. The van der Waals surface area contributed by atoms with Gasteiger partial charge in [0.05, 0.1) is 27.0 Å². The summed E-state index contributed by atoms with van der Waals surface area (Å²) < 4.78 is 16.7. The van der Waals surface area contributed by atoms with Crippen LogP contribution < -0.4 is 14.4 Å². The van der Waals surface area contributed by atoms with Gasteiger partial charge in [0.15, 0.2) is 0 Å². The summed E-state index contributed by atoms with van der Waals surface area (Å²) in [4.78, 5) is 22.1. The van der Waals surface area contributed by atoms with Gasteiger partial charge in [0.1, 0.15) is 28.6 Å². The van der Waals surface area contributed by atoms with Crippen LogP contribution in [0, 0.1) is 5.92 Å². The first-order valence-corrected chi connectivity index (χ1v) is 11.0. The van der Waals surface area contributed by atoms with Gasteiger partial charge < -0.3 is 23.7 Å². The number of hydrogen-bond donors (Lipinski definition) is 0. The molecule has 32 heavy (non-hydrogen) atoms. The predicted octanol–water partition coefficient (Wildman–Crippen LogP) is 4.88. The number of nitrogens with zero attached hydrogens (tertiary/aromatic N) is 3. The summed E-state index contributed by atoms with van der Waals surface area (Å²) >= 11 is 0. The molecule has 0 saturated heterocycles. The topological polar surface area (TPSA) is 68.0 Å². The lowest BCUT2D eigenvalue weighted by Gasteiger charge is -2.28. The van der Waals surface area contributed by atoms with E-state index in [0.29, 0.717) is 24.6 Å². The van der Waals surface area contributed by atoms with Crippen molar-refractivity contribution in [3.8, 4) is 11.5 Å². The van der Waals surface area contributed by atoms with E-state index in [1.165, 1.54) is 0 Å². The summed E-state index contributed by atoms with van der Waals surface area (Å²) in [7, 11) is 7.17. The number of carbonyl (C=O) groups is 1. The van der Waals surface area contributed by atoms with Crippen LogP contribution in [0.5, 0.6) is 11.5 Å².